The van der Waals surface area contributed by atoms with Crippen LogP contribution in [-0.4, -0.2) is 41.1 Å². The Labute approximate surface area is 102 Å². The third-order valence-electron chi connectivity index (χ3n) is 3.43. The van der Waals surface area contributed by atoms with Crippen molar-refractivity contribution in [1.82, 2.24) is 10.2 Å². The molecule has 17 heavy (non-hydrogen) atoms. The van der Waals surface area contributed by atoms with E-state index in [1.807, 2.05) is 6.92 Å². The molecule has 0 aromatic rings. The van der Waals surface area contributed by atoms with Gasteiger partial charge in [0.1, 0.15) is 0 Å². The molecule has 0 aromatic heterocycles. The molecule has 5 nitrogen and oxygen atoms in total. The van der Waals surface area contributed by atoms with Gasteiger partial charge in [-0.15, -0.1) is 0 Å². The van der Waals surface area contributed by atoms with E-state index in [2.05, 4.69) is 5.32 Å². The van der Waals surface area contributed by atoms with Crippen molar-refractivity contribution < 1.29 is 14.7 Å². The molecule has 0 spiro atoms. The summed E-state index contributed by atoms with van der Waals surface area (Å²) in [4.78, 5) is 24.0. The number of nitrogens with zero attached hydrogens (tertiary/aromatic N) is 1. The van der Waals surface area contributed by atoms with Crippen LogP contribution in [0.1, 0.15) is 39.5 Å². The lowest BCUT2D eigenvalue weighted by Gasteiger charge is -2.29. The Hall–Kier alpha value is -1.26. The summed E-state index contributed by atoms with van der Waals surface area (Å²) in [5, 5.41) is 11.8. The summed E-state index contributed by atoms with van der Waals surface area (Å²) in [7, 11) is 1.63. The van der Waals surface area contributed by atoms with Gasteiger partial charge in [0.2, 0.25) is 0 Å². The molecule has 5 heteroatoms. The molecule has 0 heterocycles. The number of hydrogen-bond acceptors (Lipinski definition) is 2. The van der Waals surface area contributed by atoms with Crippen LogP contribution < -0.4 is 5.32 Å². The summed E-state index contributed by atoms with van der Waals surface area (Å²) >= 11 is 0. The number of nitrogens with one attached hydrogen (secondary N) is 1. The average molecular weight is 242 g/mol. The number of amides is 2. The smallest absolute Gasteiger partial charge is 0.317 e. The van der Waals surface area contributed by atoms with Crippen molar-refractivity contribution in [3.8, 4) is 0 Å². The normalized spacial score (nSPS) is 19.7. The molecule has 98 valence electrons. The molecule has 0 saturated heterocycles. The first kappa shape index (κ1) is 13.8. The fourth-order valence-corrected chi connectivity index (χ4v) is 2.21. The molecule has 1 rings (SSSR count). The van der Waals surface area contributed by atoms with Crippen molar-refractivity contribution >= 4 is 12.0 Å². The molecule has 0 bridgehead atoms. The van der Waals surface area contributed by atoms with Crippen molar-refractivity contribution in [2.45, 2.75) is 45.1 Å². The van der Waals surface area contributed by atoms with Gasteiger partial charge in [-0.25, -0.2) is 4.79 Å². The number of carbonyl (C=O) groups excluding carboxylic acids is 1. The summed E-state index contributed by atoms with van der Waals surface area (Å²) in [5.41, 5.74) is -0.113. The van der Waals surface area contributed by atoms with Gasteiger partial charge in [-0.05, 0) is 19.8 Å². The van der Waals surface area contributed by atoms with Crippen LogP contribution in [0.25, 0.3) is 0 Å². The van der Waals surface area contributed by atoms with Gasteiger partial charge in [-0.1, -0.05) is 19.8 Å². The van der Waals surface area contributed by atoms with E-state index >= 15 is 0 Å². The van der Waals surface area contributed by atoms with Gasteiger partial charge in [0.25, 0.3) is 0 Å². The van der Waals surface area contributed by atoms with E-state index in [0.717, 1.165) is 25.7 Å². The maximum atomic E-state index is 11.9. The number of carboxylic acids is 1. The number of urea groups is 1. The van der Waals surface area contributed by atoms with Crippen LogP contribution in [-0.2, 0) is 4.79 Å². The van der Waals surface area contributed by atoms with Crippen molar-refractivity contribution in [3.05, 3.63) is 0 Å². The van der Waals surface area contributed by atoms with Crippen LogP contribution in [0.15, 0.2) is 0 Å². The minimum atomic E-state index is -0.878. The summed E-state index contributed by atoms with van der Waals surface area (Å²) in [5.74, 6) is -1.42. The number of aliphatic carboxylic acids is 1. The van der Waals surface area contributed by atoms with E-state index in [1.165, 1.54) is 4.90 Å². The van der Waals surface area contributed by atoms with E-state index < -0.39 is 11.9 Å². The van der Waals surface area contributed by atoms with E-state index in [-0.39, 0.29) is 18.1 Å². The molecule has 1 fully saturated rings. The maximum Gasteiger partial charge on any atom is 0.317 e. The number of carbonyl (C=O) groups is 2. The maximum absolute atomic E-state index is 11.9. The largest absolute Gasteiger partial charge is 0.481 e. The first-order valence-corrected chi connectivity index (χ1v) is 6.10. The van der Waals surface area contributed by atoms with Crippen LogP contribution in [0.4, 0.5) is 4.79 Å². The van der Waals surface area contributed by atoms with Gasteiger partial charge in [0, 0.05) is 19.1 Å². The van der Waals surface area contributed by atoms with Crippen LogP contribution in [0, 0.1) is 5.92 Å². The Bertz CT molecular complexity index is 298. The summed E-state index contributed by atoms with van der Waals surface area (Å²) in [6.07, 6.45) is 4.29. The van der Waals surface area contributed by atoms with Crippen molar-refractivity contribution in [3.63, 3.8) is 0 Å². The Morgan fingerprint density at radius 2 is 1.94 bits per heavy atom. The number of carboxylic acid groups (broad SMARTS) is 1. The second-order valence-electron chi connectivity index (χ2n) is 5.32. The van der Waals surface area contributed by atoms with Crippen molar-refractivity contribution in [1.29, 1.82) is 0 Å². The Morgan fingerprint density at radius 3 is 2.41 bits per heavy atom. The molecule has 1 atom stereocenters. The molecular weight excluding hydrogens is 220 g/mol. The molecular formula is C12H22N2O3. The second-order valence-corrected chi connectivity index (χ2v) is 5.32. The van der Waals surface area contributed by atoms with Gasteiger partial charge in [0.15, 0.2) is 0 Å². The predicted octanol–water partition coefficient (Wildman–Crippen LogP) is 1.68. The van der Waals surface area contributed by atoms with E-state index in [1.54, 1.807) is 14.0 Å². The average Bonchev–Trinajstić information content (AvgIpc) is 2.64. The van der Waals surface area contributed by atoms with E-state index in [4.69, 9.17) is 5.11 Å². The third-order valence-corrected chi connectivity index (χ3v) is 3.43. The molecule has 1 aliphatic rings. The third kappa shape index (κ3) is 3.91. The van der Waals surface area contributed by atoms with Crippen molar-refractivity contribution in [2.75, 3.05) is 13.6 Å². The first-order chi connectivity index (χ1) is 7.84. The highest BCUT2D eigenvalue weighted by Gasteiger charge is 2.31. The second kappa shape index (κ2) is 5.38. The highest BCUT2D eigenvalue weighted by molar-refractivity contribution is 5.76. The summed E-state index contributed by atoms with van der Waals surface area (Å²) in [6, 6.07) is -0.178. The van der Waals surface area contributed by atoms with Crippen LogP contribution in [0.3, 0.4) is 0 Å². The van der Waals surface area contributed by atoms with E-state index in [0.29, 0.717) is 0 Å². The Morgan fingerprint density at radius 1 is 1.41 bits per heavy atom. The molecule has 0 aromatic carbocycles. The zero-order valence-corrected chi connectivity index (χ0v) is 10.8. The summed E-state index contributed by atoms with van der Waals surface area (Å²) in [6.45, 7) is 3.88. The van der Waals surface area contributed by atoms with Crippen LogP contribution in [0.2, 0.25) is 0 Å². The topological polar surface area (TPSA) is 69.6 Å². The predicted molar refractivity (Wildman–Crippen MR) is 64.8 cm³/mol. The molecule has 0 radical (unpaired) electrons. The van der Waals surface area contributed by atoms with Gasteiger partial charge < -0.3 is 15.3 Å². The molecule has 1 aliphatic carbocycles. The summed E-state index contributed by atoms with van der Waals surface area (Å²) < 4.78 is 0. The highest BCUT2D eigenvalue weighted by Crippen LogP contribution is 2.28. The minimum absolute atomic E-state index is 0.113. The van der Waals surface area contributed by atoms with Gasteiger partial charge >= 0.3 is 12.0 Å². The standard InChI is InChI=1S/C12H22N2O3/c1-9(10(15)16)8-14(3)11(17)13-12(2)6-4-5-7-12/h9H,4-8H2,1-3H3,(H,13,17)(H,15,16). The number of hydrogen-bond donors (Lipinski definition) is 2. The lowest BCUT2D eigenvalue weighted by Crippen LogP contribution is -2.50. The molecule has 1 unspecified atom stereocenters. The van der Waals surface area contributed by atoms with Crippen molar-refractivity contribution in [2.24, 2.45) is 5.92 Å². The lowest BCUT2D eigenvalue weighted by atomic mass is 10.0. The number of rotatable bonds is 4. The zero-order chi connectivity index (χ0) is 13.1. The van der Waals surface area contributed by atoms with Crippen LogP contribution in [0.5, 0.6) is 0 Å². The molecule has 2 amide bonds. The molecule has 2 N–H and O–H groups in total. The fraction of sp³-hybridized carbons (Fsp3) is 0.833. The van der Waals surface area contributed by atoms with Gasteiger partial charge in [-0.2, -0.15) is 0 Å². The SMILES string of the molecule is CC(CN(C)C(=O)NC1(C)CCCC1)C(=O)O. The highest BCUT2D eigenvalue weighted by atomic mass is 16.4. The van der Waals surface area contributed by atoms with E-state index in [9.17, 15) is 9.59 Å². The fourth-order valence-electron chi connectivity index (χ4n) is 2.21. The molecule has 1 saturated carbocycles. The lowest BCUT2D eigenvalue weighted by molar-refractivity contribution is -0.141. The molecule has 0 aliphatic heterocycles. The van der Waals surface area contributed by atoms with Gasteiger partial charge in [-0.3, -0.25) is 4.79 Å². The monoisotopic (exact) mass is 242 g/mol. The zero-order valence-electron chi connectivity index (χ0n) is 10.8. The Balaban J connectivity index is 2.44. The first-order valence-electron chi connectivity index (χ1n) is 6.10. The van der Waals surface area contributed by atoms with Gasteiger partial charge in [0.05, 0.1) is 5.92 Å². The quantitative estimate of drug-likeness (QED) is 0.788. The van der Waals surface area contributed by atoms with Crippen LogP contribution >= 0.6 is 0 Å². The Kier molecular flexibility index (Phi) is 4.37. The minimum Gasteiger partial charge on any atom is -0.481 e.